The standard InChI is InChI=1S/C14H17N3O3S/c1-4-17-10(2)9-13(16-17)14(18)15-11-5-7-12(8-6-11)21(3,19)20/h5-9H,4H2,1-3H3,(H,15,18). The van der Waals surface area contributed by atoms with Crippen molar-refractivity contribution < 1.29 is 13.2 Å². The summed E-state index contributed by atoms with van der Waals surface area (Å²) in [7, 11) is -3.23. The molecule has 1 N–H and O–H groups in total. The molecule has 0 bridgehead atoms. The highest BCUT2D eigenvalue weighted by Crippen LogP contribution is 2.15. The molecule has 1 aromatic carbocycles. The number of sulfone groups is 1. The Hall–Kier alpha value is -2.15. The van der Waals surface area contributed by atoms with Crippen LogP contribution in [0.4, 0.5) is 5.69 Å². The Morgan fingerprint density at radius 1 is 1.29 bits per heavy atom. The molecule has 1 amide bonds. The summed E-state index contributed by atoms with van der Waals surface area (Å²) in [5.41, 5.74) is 1.77. The SMILES string of the molecule is CCn1nc(C(=O)Nc2ccc(S(C)(=O)=O)cc2)cc1C. The quantitative estimate of drug-likeness (QED) is 0.935. The van der Waals surface area contributed by atoms with E-state index < -0.39 is 9.84 Å². The van der Waals surface area contributed by atoms with Crippen molar-refractivity contribution in [1.82, 2.24) is 9.78 Å². The topological polar surface area (TPSA) is 81.1 Å². The minimum atomic E-state index is -3.23. The smallest absolute Gasteiger partial charge is 0.276 e. The average Bonchev–Trinajstić information content (AvgIpc) is 2.79. The highest BCUT2D eigenvalue weighted by atomic mass is 32.2. The van der Waals surface area contributed by atoms with Crippen molar-refractivity contribution in [3.63, 3.8) is 0 Å². The van der Waals surface area contributed by atoms with Crippen molar-refractivity contribution in [2.75, 3.05) is 11.6 Å². The molecular formula is C14H17N3O3S. The lowest BCUT2D eigenvalue weighted by molar-refractivity contribution is 0.102. The van der Waals surface area contributed by atoms with Crippen LogP contribution in [0.25, 0.3) is 0 Å². The van der Waals surface area contributed by atoms with Crippen LogP contribution in [0.15, 0.2) is 35.2 Å². The van der Waals surface area contributed by atoms with E-state index in [1.165, 1.54) is 12.1 Å². The van der Waals surface area contributed by atoms with Gasteiger partial charge in [-0.05, 0) is 44.2 Å². The molecule has 2 rings (SSSR count). The summed E-state index contributed by atoms with van der Waals surface area (Å²) < 4.78 is 24.5. The van der Waals surface area contributed by atoms with E-state index in [1.807, 2.05) is 13.8 Å². The number of hydrogen-bond acceptors (Lipinski definition) is 4. The summed E-state index contributed by atoms with van der Waals surface area (Å²) in [6.45, 7) is 4.53. The average molecular weight is 307 g/mol. The third-order valence-corrected chi connectivity index (χ3v) is 4.18. The molecule has 2 aromatic rings. The van der Waals surface area contributed by atoms with Gasteiger partial charge in [0.2, 0.25) is 0 Å². The molecule has 0 aliphatic rings. The number of aromatic nitrogens is 2. The van der Waals surface area contributed by atoms with Gasteiger partial charge in [0, 0.05) is 24.2 Å². The molecule has 0 atom stereocenters. The van der Waals surface area contributed by atoms with Crippen LogP contribution in [-0.2, 0) is 16.4 Å². The van der Waals surface area contributed by atoms with Crippen molar-refractivity contribution in [2.45, 2.75) is 25.3 Å². The van der Waals surface area contributed by atoms with Crippen LogP contribution in [0.5, 0.6) is 0 Å². The van der Waals surface area contributed by atoms with Gasteiger partial charge in [0.25, 0.3) is 5.91 Å². The van der Waals surface area contributed by atoms with E-state index in [-0.39, 0.29) is 10.8 Å². The fourth-order valence-corrected chi connectivity index (χ4v) is 2.55. The van der Waals surface area contributed by atoms with E-state index in [4.69, 9.17) is 0 Å². The van der Waals surface area contributed by atoms with Gasteiger partial charge in [0.1, 0.15) is 0 Å². The maximum Gasteiger partial charge on any atom is 0.276 e. The van der Waals surface area contributed by atoms with E-state index in [9.17, 15) is 13.2 Å². The Balaban J connectivity index is 2.16. The van der Waals surface area contributed by atoms with Crippen molar-refractivity contribution in [1.29, 1.82) is 0 Å². The van der Waals surface area contributed by atoms with E-state index in [0.717, 1.165) is 11.9 Å². The third kappa shape index (κ3) is 3.49. The van der Waals surface area contributed by atoms with Crippen LogP contribution >= 0.6 is 0 Å². The summed E-state index contributed by atoms with van der Waals surface area (Å²) in [6.07, 6.45) is 1.14. The second-order valence-electron chi connectivity index (χ2n) is 4.74. The fraction of sp³-hybridized carbons (Fsp3) is 0.286. The molecule has 112 valence electrons. The predicted molar refractivity (Wildman–Crippen MR) is 80.1 cm³/mol. The van der Waals surface area contributed by atoms with E-state index in [2.05, 4.69) is 10.4 Å². The monoisotopic (exact) mass is 307 g/mol. The molecule has 6 nitrogen and oxygen atoms in total. The maximum absolute atomic E-state index is 12.1. The van der Waals surface area contributed by atoms with Crippen LogP contribution in [-0.4, -0.2) is 30.4 Å². The number of anilines is 1. The normalized spacial score (nSPS) is 11.4. The van der Waals surface area contributed by atoms with Crippen LogP contribution < -0.4 is 5.32 Å². The Morgan fingerprint density at radius 3 is 2.38 bits per heavy atom. The van der Waals surface area contributed by atoms with Crippen LogP contribution in [0.2, 0.25) is 0 Å². The molecule has 1 heterocycles. The second-order valence-corrected chi connectivity index (χ2v) is 6.75. The third-order valence-electron chi connectivity index (χ3n) is 3.05. The summed E-state index contributed by atoms with van der Waals surface area (Å²) in [5.74, 6) is -0.322. The predicted octanol–water partition coefficient (Wildman–Crippen LogP) is 1.87. The summed E-state index contributed by atoms with van der Waals surface area (Å²) in [4.78, 5) is 12.3. The van der Waals surface area contributed by atoms with Gasteiger partial charge in [-0.15, -0.1) is 0 Å². The number of nitrogens with zero attached hydrogens (tertiary/aromatic N) is 2. The molecule has 0 aliphatic carbocycles. The van der Waals surface area contributed by atoms with Crippen LogP contribution in [0, 0.1) is 6.92 Å². The van der Waals surface area contributed by atoms with Crippen LogP contribution in [0.3, 0.4) is 0 Å². The molecule has 0 unspecified atom stereocenters. The lowest BCUT2D eigenvalue weighted by Crippen LogP contribution is -2.13. The number of carbonyl (C=O) groups excluding carboxylic acids is 1. The van der Waals surface area contributed by atoms with Crippen molar-refractivity contribution in [3.8, 4) is 0 Å². The number of carbonyl (C=O) groups is 1. The highest BCUT2D eigenvalue weighted by molar-refractivity contribution is 7.90. The largest absolute Gasteiger partial charge is 0.321 e. The van der Waals surface area contributed by atoms with E-state index in [0.29, 0.717) is 17.9 Å². The molecule has 0 saturated heterocycles. The molecule has 0 spiro atoms. The van der Waals surface area contributed by atoms with Gasteiger partial charge in [0.05, 0.1) is 4.90 Å². The zero-order chi connectivity index (χ0) is 15.6. The van der Waals surface area contributed by atoms with Crippen molar-refractivity contribution in [3.05, 3.63) is 41.7 Å². The molecule has 21 heavy (non-hydrogen) atoms. The first-order chi connectivity index (χ1) is 9.81. The molecule has 0 fully saturated rings. The lowest BCUT2D eigenvalue weighted by Gasteiger charge is -2.04. The Labute approximate surface area is 123 Å². The van der Waals surface area contributed by atoms with Gasteiger partial charge >= 0.3 is 0 Å². The maximum atomic E-state index is 12.1. The van der Waals surface area contributed by atoms with Gasteiger partial charge in [-0.3, -0.25) is 9.48 Å². The highest BCUT2D eigenvalue weighted by Gasteiger charge is 2.12. The summed E-state index contributed by atoms with van der Waals surface area (Å²) >= 11 is 0. The minimum absolute atomic E-state index is 0.214. The zero-order valence-electron chi connectivity index (χ0n) is 12.1. The zero-order valence-corrected chi connectivity index (χ0v) is 12.9. The van der Waals surface area contributed by atoms with Gasteiger partial charge in [-0.1, -0.05) is 0 Å². The first-order valence-electron chi connectivity index (χ1n) is 6.47. The number of aryl methyl sites for hydroxylation is 2. The molecule has 7 heteroatoms. The van der Waals surface area contributed by atoms with Gasteiger partial charge in [0.15, 0.2) is 15.5 Å². The lowest BCUT2D eigenvalue weighted by atomic mass is 10.3. The van der Waals surface area contributed by atoms with Crippen molar-refractivity contribution in [2.24, 2.45) is 0 Å². The summed E-state index contributed by atoms with van der Waals surface area (Å²) in [6, 6.07) is 7.74. The molecule has 0 aliphatic heterocycles. The van der Waals surface area contributed by atoms with E-state index >= 15 is 0 Å². The number of rotatable bonds is 4. The number of amides is 1. The number of nitrogens with one attached hydrogen (secondary N) is 1. The van der Waals surface area contributed by atoms with Gasteiger partial charge in [-0.25, -0.2) is 8.42 Å². The summed E-state index contributed by atoms with van der Waals surface area (Å²) in [5, 5.41) is 6.88. The van der Waals surface area contributed by atoms with Gasteiger partial charge < -0.3 is 5.32 Å². The number of benzene rings is 1. The Bertz CT molecular complexity index is 761. The van der Waals surface area contributed by atoms with E-state index in [1.54, 1.807) is 22.9 Å². The first-order valence-corrected chi connectivity index (χ1v) is 8.36. The second kappa shape index (κ2) is 5.69. The fourth-order valence-electron chi connectivity index (χ4n) is 1.92. The Kier molecular flexibility index (Phi) is 4.13. The Morgan fingerprint density at radius 2 is 1.90 bits per heavy atom. The number of hydrogen-bond donors (Lipinski definition) is 1. The molecule has 0 saturated carbocycles. The molecule has 0 radical (unpaired) electrons. The van der Waals surface area contributed by atoms with Crippen molar-refractivity contribution >= 4 is 21.4 Å². The first kappa shape index (κ1) is 15.2. The minimum Gasteiger partial charge on any atom is -0.321 e. The molecular weight excluding hydrogens is 290 g/mol. The van der Waals surface area contributed by atoms with Crippen LogP contribution in [0.1, 0.15) is 23.1 Å². The van der Waals surface area contributed by atoms with Gasteiger partial charge in [-0.2, -0.15) is 5.10 Å². The molecule has 1 aromatic heterocycles.